The highest BCUT2D eigenvalue weighted by molar-refractivity contribution is 5.92. The summed E-state index contributed by atoms with van der Waals surface area (Å²) in [5.74, 6) is 0.340. The van der Waals surface area contributed by atoms with E-state index in [1.54, 1.807) is 24.3 Å². The van der Waals surface area contributed by atoms with Gasteiger partial charge in [0.1, 0.15) is 5.75 Å². The van der Waals surface area contributed by atoms with E-state index in [0.29, 0.717) is 12.2 Å². The minimum absolute atomic E-state index is 0.127. The molecule has 0 radical (unpaired) electrons. The fourth-order valence-electron chi connectivity index (χ4n) is 1.02. The number of ether oxygens (including phenoxy) is 1. The minimum Gasteiger partial charge on any atom is -0.493 e. The molecule has 0 heterocycles. The Morgan fingerprint density at radius 3 is 2.20 bits per heavy atom. The highest BCUT2D eigenvalue weighted by Gasteiger charge is 2.11. The van der Waals surface area contributed by atoms with Gasteiger partial charge in [0.15, 0.2) is 0 Å². The van der Waals surface area contributed by atoms with Crippen molar-refractivity contribution < 1.29 is 9.53 Å². The van der Waals surface area contributed by atoms with Crippen LogP contribution in [0, 0.1) is 5.41 Å². The van der Waals surface area contributed by atoms with Crippen molar-refractivity contribution in [3.8, 4) is 5.75 Å². The third-order valence-corrected chi connectivity index (χ3v) is 1.81. The van der Waals surface area contributed by atoms with Crippen molar-refractivity contribution in [1.29, 1.82) is 0 Å². The van der Waals surface area contributed by atoms with Crippen LogP contribution in [0.15, 0.2) is 24.3 Å². The fraction of sp³-hybridized carbons (Fsp3) is 0.417. The van der Waals surface area contributed by atoms with Gasteiger partial charge in [-0.2, -0.15) is 0 Å². The van der Waals surface area contributed by atoms with Crippen molar-refractivity contribution in [2.75, 3.05) is 6.61 Å². The van der Waals surface area contributed by atoms with Gasteiger partial charge < -0.3 is 10.5 Å². The highest BCUT2D eigenvalue weighted by atomic mass is 16.5. The first-order valence-corrected chi connectivity index (χ1v) is 4.91. The molecule has 1 rings (SSSR count). The second-order valence-electron chi connectivity index (χ2n) is 4.74. The summed E-state index contributed by atoms with van der Waals surface area (Å²) >= 11 is 0. The quantitative estimate of drug-likeness (QED) is 0.826. The second kappa shape index (κ2) is 4.34. The molecule has 0 aromatic heterocycles. The van der Waals surface area contributed by atoms with Crippen LogP contribution in [-0.2, 0) is 0 Å². The van der Waals surface area contributed by atoms with Crippen LogP contribution in [-0.4, -0.2) is 12.5 Å². The Bertz CT molecular complexity index is 336. The van der Waals surface area contributed by atoms with Crippen LogP contribution in [0.5, 0.6) is 5.75 Å². The number of hydrogen-bond acceptors (Lipinski definition) is 2. The average molecular weight is 207 g/mol. The Labute approximate surface area is 90.2 Å². The molecule has 0 saturated heterocycles. The summed E-state index contributed by atoms with van der Waals surface area (Å²) in [6.07, 6.45) is 0. The predicted octanol–water partition coefficient (Wildman–Crippen LogP) is 2.21. The molecule has 0 aliphatic carbocycles. The maximum atomic E-state index is 10.8. The van der Waals surface area contributed by atoms with E-state index in [1.165, 1.54) is 0 Å². The van der Waals surface area contributed by atoms with Gasteiger partial charge in [0, 0.05) is 5.56 Å². The average Bonchev–Trinajstić information content (AvgIpc) is 2.14. The topological polar surface area (TPSA) is 52.3 Å². The van der Waals surface area contributed by atoms with Gasteiger partial charge in [-0.25, -0.2) is 0 Å². The standard InChI is InChI=1S/C12H17NO2/c1-12(2,3)8-15-10-6-4-9(5-7-10)11(13)14/h4-7H,8H2,1-3H3,(H2,13,14). The van der Waals surface area contributed by atoms with E-state index in [0.717, 1.165) is 5.75 Å². The first-order chi connectivity index (χ1) is 6.88. The van der Waals surface area contributed by atoms with E-state index in [4.69, 9.17) is 10.5 Å². The predicted molar refractivity (Wildman–Crippen MR) is 59.9 cm³/mol. The van der Waals surface area contributed by atoms with Gasteiger partial charge >= 0.3 is 0 Å². The molecule has 0 fully saturated rings. The number of carbonyl (C=O) groups excluding carboxylic acids is 1. The van der Waals surface area contributed by atoms with E-state index >= 15 is 0 Å². The van der Waals surface area contributed by atoms with Gasteiger partial charge in [0.25, 0.3) is 0 Å². The first-order valence-electron chi connectivity index (χ1n) is 4.91. The molecular weight excluding hydrogens is 190 g/mol. The van der Waals surface area contributed by atoms with E-state index in [-0.39, 0.29) is 5.41 Å². The van der Waals surface area contributed by atoms with E-state index in [2.05, 4.69) is 20.8 Å². The zero-order valence-electron chi connectivity index (χ0n) is 9.41. The number of amides is 1. The maximum Gasteiger partial charge on any atom is 0.248 e. The summed E-state index contributed by atoms with van der Waals surface area (Å²) in [5.41, 5.74) is 5.75. The fourth-order valence-corrected chi connectivity index (χ4v) is 1.02. The molecule has 0 unspecified atom stereocenters. The number of hydrogen-bond donors (Lipinski definition) is 1. The van der Waals surface area contributed by atoms with E-state index in [9.17, 15) is 4.79 Å². The van der Waals surface area contributed by atoms with Crippen molar-refractivity contribution in [2.45, 2.75) is 20.8 Å². The third-order valence-electron chi connectivity index (χ3n) is 1.81. The summed E-state index contributed by atoms with van der Waals surface area (Å²) in [5, 5.41) is 0. The highest BCUT2D eigenvalue weighted by Crippen LogP contribution is 2.17. The van der Waals surface area contributed by atoms with Gasteiger partial charge in [-0.3, -0.25) is 4.79 Å². The van der Waals surface area contributed by atoms with Crippen molar-refractivity contribution in [2.24, 2.45) is 11.1 Å². The smallest absolute Gasteiger partial charge is 0.248 e. The molecule has 2 N–H and O–H groups in total. The molecule has 3 heteroatoms. The lowest BCUT2D eigenvalue weighted by Crippen LogP contribution is -2.17. The molecule has 0 spiro atoms. The van der Waals surface area contributed by atoms with Crippen LogP contribution in [0.25, 0.3) is 0 Å². The third kappa shape index (κ3) is 4.02. The largest absolute Gasteiger partial charge is 0.493 e. The zero-order valence-corrected chi connectivity index (χ0v) is 9.41. The van der Waals surface area contributed by atoms with Gasteiger partial charge in [-0.1, -0.05) is 20.8 Å². The summed E-state index contributed by atoms with van der Waals surface area (Å²) in [4.78, 5) is 10.8. The van der Waals surface area contributed by atoms with Crippen LogP contribution in [0.1, 0.15) is 31.1 Å². The van der Waals surface area contributed by atoms with Crippen LogP contribution in [0.2, 0.25) is 0 Å². The number of nitrogens with two attached hydrogens (primary N) is 1. The molecule has 3 nitrogen and oxygen atoms in total. The summed E-state index contributed by atoms with van der Waals surface area (Å²) in [6.45, 7) is 6.95. The lowest BCUT2D eigenvalue weighted by atomic mass is 9.99. The summed E-state index contributed by atoms with van der Waals surface area (Å²) < 4.78 is 5.55. The molecule has 15 heavy (non-hydrogen) atoms. The van der Waals surface area contributed by atoms with Crippen molar-refractivity contribution >= 4 is 5.91 Å². The Hall–Kier alpha value is -1.51. The molecule has 1 aromatic rings. The Morgan fingerprint density at radius 2 is 1.80 bits per heavy atom. The number of carbonyl (C=O) groups is 1. The van der Waals surface area contributed by atoms with Crippen LogP contribution >= 0.6 is 0 Å². The van der Waals surface area contributed by atoms with E-state index in [1.807, 2.05) is 0 Å². The number of benzene rings is 1. The molecule has 0 aliphatic heterocycles. The summed E-state index contributed by atoms with van der Waals surface area (Å²) in [6, 6.07) is 6.85. The van der Waals surface area contributed by atoms with Crippen LogP contribution in [0.4, 0.5) is 0 Å². The molecule has 0 bridgehead atoms. The van der Waals surface area contributed by atoms with Gasteiger partial charge in [-0.15, -0.1) is 0 Å². The minimum atomic E-state index is -0.419. The lowest BCUT2D eigenvalue weighted by molar-refractivity contribution is 0.1000. The second-order valence-corrected chi connectivity index (χ2v) is 4.74. The van der Waals surface area contributed by atoms with Crippen molar-refractivity contribution in [1.82, 2.24) is 0 Å². The molecule has 82 valence electrons. The SMILES string of the molecule is CC(C)(C)COc1ccc(C(N)=O)cc1. The molecule has 0 aliphatic rings. The molecular formula is C12H17NO2. The van der Waals surface area contributed by atoms with Crippen molar-refractivity contribution in [3.05, 3.63) is 29.8 Å². The Balaban J connectivity index is 2.61. The van der Waals surface area contributed by atoms with Crippen molar-refractivity contribution in [3.63, 3.8) is 0 Å². The normalized spacial score (nSPS) is 11.1. The van der Waals surface area contributed by atoms with Gasteiger partial charge in [0.05, 0.1) is 6.61 Å². The molecule has 1 amide bonds. The maximum absolute atomic E-state index is 10.8. The lowest BCUT2D eigenvalue weighted by Gasteiger charge is -2.18. The summed E-state index contributed by atoms with van der Waals surface area (Å²) in [7, 11) is 0. The van der Waals surface area contributed by atoms with Crippen LogP contribution < -0.4 is 10.5 Å². The Morgan fingerprint density at radius 1 is 1.27 bits per heavy atom. The van der Waals surface area contributed by atoms with Gasteiger partial charge in [0.2, 0.25) is 5.91 Å². The number of rotatable bonds is 3. The monoisotopic (exact) mass is 207 g/mol. The molecule has 0 atom stereocenters. The Kier molecular flexibility index (Phi) is 3.35. The van der Waals surface area contributed by atoms with Gasteiger partial charge in [-0.05, 0) is 29.7 Å². The molecule has 0 saturated carbocycles. The van der Waals surface area contributed by atoms with E-state index < -0.39 is 5.91 Å². The molecule has 1 aromatic carbocycles. The van der Waals surface area contributed by atoms with Crippen LogP contribution in [0.3, 0.4) is 0 Å². The first kappa shape index (κ1) is 11.6. The number of primary amides is 1. The zero-order chi connectivity index (χ0) is 11.5.